The number of rotatable bonds is 2. The van der Waals surface area contributed by atoms with Crippen molar-refractivity contribution in [1.29, 1.82) is 0 Å². The van der Waals surface area contributed by atoms with Crippen LogP contribution in [0.4, 0.5) is 9.59 Å². The van der Waals surface area contributed by atoms with E-state index in [-0.39, 0.29) is 22.5 Å². The maximum atomic E-state index is 14.6. The number of nitrogens with zero attached hydrogens (tertiary/aromatic N) is 2. The van der Waals surface area contributed by atoms with Gasteiger partial charge in [-0.2, -0.15) is 0 Å². The van der Waals surface area contributed by atoms with Crippen molar-refractivity contribution in [2.45, 2.75) is 66.6 Å². The number of amides is 4. The van der Waals surface area contributed by atoms with Crippen molar-refractivity contribution in [3.8, 4) is 0 Å². The Labute approximate surface area is 263 Å². The quantitative estimate of drug-likeness (QED) is 0.221. The molecule has 0 fully saturated rings. The molecule has 8 nitrogen and oxygen atoms in total. The van der Waals surface area contributed by atoms with Crippen LogP contribution in [-0.4, -0.2) is 45.0 Å². The van der Waals surface area contributed by atoms with Gasteiger partial charge in [-0.3, -0.25) is 9.59 Å². The summed E-state index contributed by atoms with van der Waals surface area (Å²) in [5.74, 6) is -1.46. The molecule has 4 aromatic rings. The van der Waals surface area contributed by atoms with Gasteiger partial charge in [0.2, 0.25) is 0 Å². The van der Waals surface area contributed by atoms with Gasteiger partial charge < -0.3 is 9.47 Å². The van der Waals surface area contributed by atoms with E-state index in [1.54, 1.807) is 41.5 Å². The number of carbonyl (C=O) groups excluding carboxylic acids is 4. The van der Waals surface area contributed by atoms with Crippen LogP contribution in [0.15, 0.2) is 59.7 Å². The van der Waals surface area contributed by atoms with E-state index in [1.807, 2.05) is 62.4 Å². The molecule has 2 aliphatic heterocycles. The number of carbonyl (C=O) groups is 4. The van der Waals surface area contributed by atoms with Crippen LogP contribution in [0.2, 0.25) is 0 Å². The third-order valence-corrected chi connectivity index (χ3v) is 9.49. The lowest BCUT2D eigenvalue weighted by molar-refractivity contribution is -0.123. The zero-order valence-electron chi connectivity index (χ0n) is 25.8. The molecule has 2 aromatic heterocycles. The summed E-state index contributed by atoms with van der Waals surface area (Å²) in [4.78, 5) is 61.7. The number of benzene rings is 2. The summed E-state index contributed by atoms with van der Waals surface area (Å²) in [6.45, 7) is 14.2. The van der Waals surface area contributed by atoms with Crippen molar-refractivity contribution in [3.63, 3.8) is 0 Å². The summed E-state index contributed by atoms with van der Waals surface area (Å²) in [5.41, 5.74) is -1.65. The van der Waals surface area contributed by atoms with E-state index in [1.165, 1.54) is 22.7 Å². The van der Waals surface area contributed by atoms with E-state index in [0.717, 1.165) is 41.1 Å². The maximum absolute atomic E-state index is 14.6. The minimum atomic E-state index is -0.914. The largest absolute Gasteiger partial charge is 0.443 e. The van der Waals surface area contributed by atoms with Crippen molar-refractivity contribution < 1.29 is 28.7 Å². The summed E-state index contributed by atoms with van der Waals surface area (Å²) in [5, 5.41) is 3.43. The van der Waals surface area contributed by atoms with Gasteiger partial charge >= 0.3 is 12.2 Å². The Hall–Kier alpha value is -4.28. The van der Waals surface area contributed by atoms with Gasteiger partial charge in [0.25, 0.3) is 11.8 Å². The van der Waals surface area contributed by atoms with Crippen molar-refractivity contribution in [2.24, 2.45) is 0 Å². The fourth-order valence-electron chi connectivity index (χ4n) is 5.55. The predicted octanol–water partition coefficient (Wildman–Crippen LogP) is 8.41. The molecule has 2 aromatic carbocycles. The molecule has 0 aliphatic carbocycles. The van der Waals surface area contributed by atoms with Crippen LogP contribution in [0, 0.1) is 13.8 Å². The molecule has 10 heteroatoms. The maximum Gasteiger partial charge on any atom is 0.422 e. The molecule has 44 heavy (non-hydrogen) atoms. The van der Waals surface area contributed by atoms with Gasteiger partial charge in [0, 0.05) is 20.5 Å². The molecular formula is C34H32N2O6S2. The highest BCUT2D eigenvalue weighted by Crippen LogP contribution is 2.52. The lowest BCUT2D eigenvalue weighted by Gasteiger charge is -2.27. The van der Waals surface area contributed by atoms with Gasteiger partial charge in [-0.15, -0.1) is 22.7 Å². The first-order chi connectivity index (χ1) is 20.6. The fraction of sp³-hybridized carbons (Fsp3) is 0.294. The molecule has 0 atom stereocenters. The normalized spacial score (nSPS) is 15.7. The van der Waals surface area contributed by atoms with Crippen LogP contribution in [-0.2, 0) is 19.1 Å². The summed E-state index contributed by atoms with van der Waals surface area (Å²) in [7, 11) is 0. The standard InChI is InChI=1S/C34H32N2O6S2/c1-17-19-13-9-11-15-21(19)27(43-17)25-23-24(30(38)35(25)31(39)41-33(3,4)5)26(36(29(23)37)32(40)42-34(6,7)8)28-22-16-12-10-14-20(22)18(2)44-28/h9-16H,1-8H3. The summed E-state index contributed by atoms with van der Waals surface area (Å²) < 4.78 is 11.4. The number of ether oxygens (including phenoxy) is 2. The Balaban J connectivity index is 1.71. The third kappa shape index (κ3) is 4.73. The number of thiophene rings is 2. The first-order valence-electron chi connectivity index (χ1n) is 14.2. The molecule has 0 unspecified atom stereocenters. The Kier molecular flexibility index (Phi) is 6.86. The van der Waals surface area contributed by atoms with Gasteiger partial charge in [-0.25, -0.2) is 19.4 Å². The van der Waals surface area contributed by atoms with Gasteiger partial charge in [0.1, 0.15) is 11.2 Å². The molecule has 6 rings (SSSR count). The Bertz CT molecular complexity index is 1850. The van der Waals surface area contributed by atoms with E-state index in [9.17, 15) is 19.2 Å². The van der Waals surface area contributed by atoms with Crippen LogP contribution < -0.4 is 0 Å². The molecule has 0 spiro atoms. The smallest absolute Gasteiger partial charge is 0.422 e. The van der Waals surface area contributed by atoms with Crippen LogP contribution in [0.1, 0.15) is 61.1 Å². The second-order valence-corrected chi connectivity index (χ2v) is 15.2. The molecule has 4 amide bonds. The molecule has 0 saturated heterocycles. The zero-order valence-corrected chi connectivity index (χ0v) is 27.4. The number of aryl methyl sites for hydroxylation is 2. The van der Waals surface area contributed by atoms with Crippen molar-refractivity contribution in [1.82, 2.24) is 9.80 Å². The molecule has 0 N–H and O–H groups in total. The van der Waals surface area contributed by atoms with E-state index in [2.05, 4.69) is 0 Å². The number of hydrogen-bond donors (Lipinski definition) is 0. The number of fused-ring (bicyclic) bond motifs is 3. The van der Waals surface area contributed by atoms with Crippen molar-refractivity contribution in [3.05, 3.63) is 79.2 Å². The van der Waals surface area contributed by atoms with Crippen LogP contribution in [0.5, 0.6) is 0 Å². The second-order valence-electron chi connectivity index (χ2n) is 12.8. The fourth-order valence-corrected chi connectivity index (χ4v) is 7.90. The number of imide groups is 2. The van der Waals surface area contributed by atoms with Crippen LogP contribution >= 0.6 is 22.7 Å². The lowest BCUT2D eigenvalue weighted by atomic mass is 10.0. The first kappa shape index (κ1) is 29.8. The minimum Gasteiger partial charge on any atom is -0.443 e. The van der Waals surface area contributed by atoms with E-state index in [4.69, 9.17) is 9.47 Å². The first-order valence-corrected chi connectivity index (χ1v) is 15.8. The van der Waals surface area contributed by atoms with Gasteiger partial charge in [0.15, 0.2) is 0 Å². The summed E-state index contributed by atoms with van der Waals surface area (Å²) >= 11 is 2.75. The summed E-state index contributed by atoms with van der Waals surface area (Å²) in [6, 6.07) is 15.2. The number of hydrogen-bond acceptors (Lipinski definition) is 8. The Morgan fingerprint density at radius 2 is 0.909 bits per heavy atom. The molecule has 2 aliphatic rings. The average Bonchev–Trinajstić information content (AvgIpc) is 3.61. The lowest BCUT2D eigenvalue weighted by Crippen LogP contribution is -2.40. The van der Waals surface area contributed by atoms with Crippen molar-refractivity contribution >= 4 is 79.6 Å². The van der Waals surface area contributed by atoms with Crippen LogP contribution in [0.3, 0.4) is 0 Å². The van der Waals surface area contributed by atoms with Crippen molar-refractivity contribution in [2.75, 3.05) is 0 Å². The predicted molar refractivity (Wildman–Crippen MR) is 173 cm³/mol. The van der Waals surface area contributed by atoms with Crippen LogP contribution in [0.25, 0.3) is 32.9 Å². The van der Waals surface area contributed by atoms with E-state index < -0.39 is 35.2 Å². The average molecular weight is 629 g/mol. The molecule has 226 valence electrons. The highest BCUT2D eigenvalue weighted by Gasteiger charge is 2.55. The minimum absolute atomic E-state index is 0.0242. The highest BCUT2D eigenvalue weighted by molar-refractivity contribution is 7.15. The molecular weight excluding hydrogens is 597 g/mol. The van der Waals surface area contributed by atoms with E-state index >= 15 is 0 Å². The summed E-state index contributed by atoms with van der Waals surface area (Å²) in [6.07, 6.45) is -1.80. The topological polar surface area (TPSA) is 93.2 Å². The highest BCUT2D eigenvalue weighted by atomic mass is 32.1. The zero-order chi connectivity index (χ0) is 31.9. The SMILES string of the molecule is Cc1sc(C2=C3C(=O)N(C(=O)OC(C)(C)C)C(c4sc(C)c5ccccc45)=C3C(=O)N2C(=O)OC(C)(C)C)c2ccccc12. The molecule has 0 radical (unpaired) electrons. The molecule has 0 bridgehead atoms. The van der Waals surface area contributed by atoms with Gasteiger partial charge in [0.05, 0.1) is 32.3 Å². The monoisotopic (exact) mass is 628 g/mol. The van der Waals surface area contributed by atoms with Gasteiger partial charge in [-0.1, -0.05) is 48.5 Å². The molecule has 0 saturated carbocycles. The third-order valence-electron chi connectivity index (χ3n) is 7.20. The Morgan fingerprint density at radius 3 is 1.23 bits per heavy atom. The second kappa shape index (κ2) is 10.1. The molecule has 4 heterocycles. The van der Waals surface area contributed by atoms with E-state index in [0.29, 0.717) is 9.75 Å². The van der Waals surface area contributed by atoms with Gasteiger partial charge in [-0.05, 0) is 66.2 Å². The Morgan fingerprint density at radius 1 is 0.591 bits per heavy atom.